The molecule has 0 unspecified atom stereocenters. The average Bonchev–Trinajstić information content (AvgIpc) is 2.47. The highest BCUT2D eigenvalue weighted by molar-refractivity contribution is 5.94. The largest absolute Gasteiger partial charge is 0.508 e. The average molecular weight is 270 g/mol. The van der Waals surface area contributed by atoms with Crippen LogP contribution in [0.1, 0.15) is 21.5 Å². The standard InChI is InChI=1S/C16H18N2O2/c17-10-9-12-1-3-13(4-2-12)11-18-16(20)14-5-7-15(19)8-6-14/h1-8,19H,9-11,17H2,(H,18,20). The van der Waals surface area contributed by atoms with E-state index in [1.54, 1.807) is 12.1 Å². The maximum absolute atomic E-state index is 11.9. The van der Waals surface area contributed by atoms with Gasteiger partial charge in [-0.05, 0) is 48.4 Å². The first kappa shape index (κ1) is 14.1. The Hall–Kier alpha value is -2.33. The molecule has 0 heterocycles. The van der Waals surface area contributed by atoms with E-state index in [1.807, 2.05) is 24.3 Å². The Morgan fingerprint density at radius 1 is 1.00 bits per heavy atom. The summed E-state index contributed by atoms with van der Waals surface area (Å²) in [5.41, 5.74) is 8.26. The lowest BCUT2D eigenvalue weighted by atomic mass is 10.1. The van der Waals surface area contributed by atoms with Crippen LogP contribution in [0.15, 0.2) is 48.5 Å². The zero-order valence-corrected chi connectivity index (χ0v) is 11.2. The van der Waals surface area contributed by atoms with Crippen LogP contribution in [-0.4, -0.2) is 17.6 Å². The van der Waals surface area contributed by atoms with E-state index in [1.165, 1.54) is 17.7 Å². The molecule has 2 aromatic rings. The third-order valence-electron chi connectivity index (χ3n) is 3.04. The summed E-state index contributed by atoms with van der Waals surface area (Å²) in [6.45, 7) is 1.11. The third-order valence-corrected chi connectivity index (χ3v) is 3.04. The topological polar surface area (TPSA) is 75.3 Å². The van der Waals surface area contributed by atoms with Crippen LogP contribution < -0.4 is 11.1 Å². The van der Waals surface area contributed by atoms with Crippen molar-refractivity contribution < 1.29 is 9.90 Å². The third kappa shape index (κ3) is 3.83. The van der Waals surface area contributed by atoms with Gasteiger partial charge >= 0.3 is 0 Å². The van der Waals surface area contributed by atoms with Gasteiger partial charge in [-0.3, -0.25) is 4.79 Å². The number of phenolic OH excluding ortho intramolecular Hbond substituents is 1. The SMILES string of the molecule is NCCc1ccc(CNC(=O)c2ccc(O)cc2)cc1. The summed E-state index contributed by atoms with van der Waals surface area (Å²) >= 11 is 0. The van der Waals surface area contributed by atoms with E-state index in [2.05, 4.69) is 5.32 Å². The lowest BCUT2D eigenvalue weighted by molar-refractivity contribution is 0.0951. The van der Waals surface area contributed by atoms with Gasteiger partial charge in [-0.25, -0.2) is 0 Å². The number of nitrogens with two attached hydrogens (primary N) is 1. The fraction of sp³-hybridized carbons (Fsp3) is 0.188. The van der Waals surface area contributed by atoms with Crippen molar-refractivity contribution in [2.24, 2.45) is 5.73 Å². The molecule has 20 heavy (non-hydrogen) atoms. The van der Waals surface area contributed by atoms with Crippen LogP contribution in [0.3, 0.4) is 0 Å². The minimum atomic E-state index is -0.156. The smallest absolute Gasteiger partial charge is 0.251 e. The number of aromatic hydroxyl groups is 1. The van der Waals surface area contributed by atoms with Crippen LogP contribution in [0, 0.1) is 0 Å². The van der Waals surface area contributed by atoms with E-state index >= 15 is 0 Å². The van der Waals surface area contributed by atoms with E-state index in [0.29, 0.717) is 18.7 Å². The van der Waals surface area contributed by atoms with Gasteiger partial charge in [-0.1, -0.05) is 24.3 Å². The number of rotatable bonds is 5. The van der Waals surface area contributed by atoms with E-state index < -0.39 is 0 Å². The molecule has 0 fully saturated rings. The summed E-state index contributed by atoms with van der Waals surface area (Å²) in [5, 5.41) is 12.0. The number of amides is 1. The fourth-order valence-corrected chi connectivity index (χ4v) is 1.89. The van der Waals surface area contributed by atoms with Crippen molar-refractivity contribution >= 4 is 5.91 Å². The van der Waals surface area contributed by atoms with Crippen LogP contribution in [0.5, 0.6) is 5.75 Å². The fourth-order valence-electron chi connectivity index (χ4n) is 1.89. The van der Waals surface area contributed by atoms with Gasteiger partial charge in [0.05, 0.1) is 0 Å². The Balaban J connectivity index is 1.91. The summed E-state index contributed by atoms with van der Waals surface area (Å²) < 4.78 is 0. The van der Waals surface area contributed by atoms with Crippen LogP contribution in [-0.2, 0) is 13.0 Å². The number of carbonyl (C=O) groups is 1. The van der Waals surface area contributed by atoms with Crippen LogP contribution in [0.4, 0.5) is 0 Å². The monoisotopic (exact) mass is 270 g/mol. The first-order valence-electron chi connectivity index (χ1n) is 6.54. The first-order valence-corrected chi connectivity index (χ1v) is 6.54. The quantitative estimate of drug-likeness (QED) is 0.775. The van der Waals surface area contributed by atoms with Gasteiger partial charge in [0.15, 0.2) is 0 Å². The zero-order chi connectivity index (χ0) is 14.4. The highest BCUT2D eigenvalue weighted by Gasteiger charge is 2.04. The molecule has 0 aliphatic carbocycles. The van der Waals surface area contributed by atoms with Gasteiger partial charge in [-0.15, -0.1) is 0 Å². The van der Waals surface area contributed by atoms with Crippen LogP contribution >= 0.6 is 0 Å². The number of hydrogen-bond acceptors (Lipinski definition) is 3. The van der Waals surface area contributed by atoms with Crippen molar-refractivity contribution in [3.05, 3.63) is 65.2 Å². The van der Waals surface area contributed by atoms with Crippen molar-refractivity contribution in [3.63, 3.8) is 0 Å². The Kier molecular flexibility index (Phi) is 4.74. The second-order valence-corrected chi connectivity index (χ2v) is 4.58. The predicted octanol–water partition coefficient (Wildman–Crippen LogP) is 1.82. The van der Waals surface area contributed by atoms with Crippen LogP contribution in [0.25, 0.3) is 0 Å². The molecule has 104 valence electrons. The summed E-state index contributed by atoms with van der Waals surface area (Å²) in [6, 6.07) is 14.2. The Bertz CT molecular complexity index is 562. The van der Waals surface area contributed by atoms with Crippen molar-refractivity contribution in [3.8, 4) is 5.75 Å². The molecule has 4 heteroatoms. The van der Waals surface area contributed by atoms with Crippen molar-refractivity contribution in [1.82, 2.24) is 5.32 Å². The predicted molar refractivity (Wildman–Crippen MR) is 78.5 cm³/mol. The van der Waals surface area contributed by atoms with Gasteiger partial charge in [-0.2, -0.15) is 0 Å². The molecule has 2 aromatic carbocycles. The molecule has 0 atom stereocenters. The molecular weight excluding hydrogens is 252 g/mol. The number of phenols is 1. The molecule has 4 nitrogen and oxygen atoms in total. The van der Waals surface area contributed by atoms with Crippen molar-refractivity contribution in [2.45, 2.75) is 13.0 Å². The summed E-state index contributed by atoms with van der Waals surface area (Å²) in [7, 11) is 0. The number of carbonyl (C=O) groups excluding carboxylic acids is 1. The van der Waals surface area contributed by atoms with E-state index in [9.17, 15) is 9.90 Å². The highest BCUT2D eigenvalue weighted by atomic mass is 16.3. The zero-order valence-electron chi connectivity index (χ0n) is 11.2. The molecule has 0 aliphatic heterocycles. The van der Waals surface area contributed by atoms with E-state index in [-0.39, 0.29) is 11.7 Å². The highest BCUT2D eigenvalue weighted by Crippen LogP contribution is 2.10. The molecule has 0 spiro atoms. The van der Waals surface area contributed by atoms with Gasteiger partial charge < -0.3 is 16.2 Å². The molecular formula is C16H18N2O2. The number of nitrogens with one attached hydrogen (secondary N) is 1. The normalized spacial score (nSPS) is 10.2. The van der Waals surface area contributed by atoms with Gasteiger partial charge in [0, 0.05) is 12.1 Å². The summed E-state index contributed by atoms with van der Waals surface area (Å²) in [6.07, 6.45) is 0.861. The van der Waals surface area contributed by atoms with E-state index in [4.69, 9.17) is 5.73 Å². The van der Waals surface area contributed by atoms with E-state index in [0.717, 1.165) is 12.0 Å². The summed E-state index contributed by atoms with van der Waals surface area (Å²) in [5.74, 6) is -0.00641. The molecule has 0 bridgehead atoms. The minimum absolute atomic E-state index is 0.150. The van der Waals surface area contributed by atoms with Crippen molar-refractivity contribution in [2.75, 3.05) is 6.54 Å². The molecule has 0 saturated carbocycles. The lowest BCUT2D eigenvalue weighted by Crippen LogP contribution is -2.22. The van der Waals surface area contributed by atoms with Gasteiger partial charge in [0.2, 0.25) is 0 Å². The first-order chi connectivity index (χ1) is 9.69. The maximum Gasteiger partial charge on any atom is 0.251 e. The number of hydrogen-bond donors (Lipinski definition) is 3. The molecule has 4 N–H and O–H groups in total. The minimum Gasteiger partial charge on any atom is -0.508 e. The molecule has 0 saturated heterocycles. The van der Waals surface area contributed by atoms with Crippen molar-refractivity contribution in [1.29, 1.82) is 0 Å². The Morgan fingerprint density at radius 2 is 1.60 bits per heavy atom. The summed E-state index contributed by atoms with van der Waals surface area (Å²) in [4.78, 5) is 11.9. The van der Waals surface area contributed by atoms with Crippen LogP contribution in [0.2, 0.25) is 0 Å². The molecule has 0 aromatic heterocycles. The second kappa shape index (κ2) is 6.73. The molecule has 0 radical (unpaired) electrons. The maximum atomic E-state index is 11.9. The number of benzene rings is 2. The second-order valence-electron chi connectivity index (χ2n) is 4.58. The van der Waals surface area contributed by atoms with Gasteiger partial charge in [0.25, 0.3) is 5.91 Å². The molecule has 2 rings (SSSR count). The Morgan fingerprint density at radius 3 is 2.20 bits per heavy atom. The molecule has 0 aliphatic rings. The molecule has 1 amide bonds. The van der Waals surface area contributed by atoms with Gasteiger partial charge in [0.1, 0.15) is 5.75 Å². The lowest BCUT2D eigenvalue weighted by Gasteiger charge is -2.06. The Labute approximate surface area is 118 Å².